The van der Waals surface area contributed by atoms with Gasteiger partial charge in [-0.1, -0.05) is 11.6 Å². The van der Waals surface area contributed by atoms with Crippen LogP contribution in [0.5, 0.6) is 0 Å². The molecule has 0 bridgehead atoms. The lowest BCUT2D eigenvalue weighted by atomic mass is 10.2. The van der Waals surface area contributed by atoms with Crippen molar-refractivity contribution in [3.8, 4) is 0 Å². The number of hydrogen-bond donors (Lipinski definition) is 1. The van der Waals surface area contributed by atoms with E-state index in [0.29, 0.717) is 5.02 Å². The van der Waals surface area contributed by atoms with Crippen molar-refractivity contribution in [2.24, 2.45) is 0 Å². The number of pyridine rings is 1. The van der Waals surface area contributed by atoms with E-state index in [4.69, 9.17) is 16.3 Å². The number of aromatic nitrogens is 1. The van der Waals surface area contributed by atoms with Gasteiger partial charge in [0.1, 0.15) is 6.10 Å². The second-order valence-electron chi connectivity index (χ2n) is 2.96. The van der Waals surface area contributed by atoms with Gasteiger partial charge in [0, 0.05) is 19.3 Å². The van der Waals surface area contributed by atoms with Crippen molar-refractivity contribution in [3.05, 3.63) is 29.0 Å². The lowest BCUT2D eigenvalue weighted by Crippen LogP contribution is -2.33. The van der Waals surface area contributed by atoms with E-state index in [9.17, 15) is 0 Å². The quantitative estimate of drug-likeness (QED) is 0.741. The molecule has 0 spiro atoms. The molecule has 3 nitrogen and oxygen atoms in total. The summed E-state index contributed by atoms with van der Waals surface area (Å²) < 4.78 is 5.54. The van der Waals surface area contributed by atoms with Crippen LogP contribution in [0, 0.1) is 0 Å². The molecule has 0 aromatic carbocycles. The molecular formula is C9H11ClN2O. The molecule has 4 heteroatoms. The summed E-state index contributed by atoms with van der Waals surface area (Å²) in [5, 5.41) is 3.91. The van der Waals surface area contributed by atoms with E-state index < -0.39 is 0 Å². The minimum atomic E-state index is 0.0750. The van der Waals surface area contributed by atoms with E-state index >= 15 is 0 Å². The molecule has 1 aromatic heterocycles. The zero-order valence-electron chi connectivity index (χ0n) is 7.16. The number of morpholine rings is 1. The molecule has 1 aliphatic rings. The predicted octanol–water partition coefficient (Wildman–Crippen LogP) is 1.40. The van der Waals surface area contributed by atoms with Gasteiger partial charge in [-0.2, -0.15) is 0 Å². The highest BCUT2D eigenvalue weighted by molar-refractivity contribution is 6.30. The zero-order valence-corrected chi connectivity index (χ0v) is 7.92. The van der Waals surface area contributed by atoms with Crippen LogP contribution in [0.4, 0.5) is 0 Å². The van der Waals surface area contributed by atoms with Crippen molar-refractivity contribution < 1.29 is 4.74 Å². The number of hydrogen-bond acceptors (Lipinski definition) is 3. The average molecular weight is 199 g/mol. The van der Waals surface area contributed by atoms with Crippen molar-refractivity contribution in [2.75, 3.05) is 19.7 Å². The monoisotopic (exact) mass is 198 g/mol. The summed E-state index contributed by atoms with van der Waals surface area (Å²) in [5.41, 5.74) is 0.941. The van der Waals surface area contributed by atoms with Crippen LogP contribution in [0.3, 0.4) is 0 Å². The Balaban J connectivity index is 2.10. The fourth-order valence-electron chi connectivity index (χ4n) is 1.33. The molecular weight excluding hydrogens is 188 g/mol. The first-order valence-electron chi connectivity index (χ1n) is 4.30. The highest BCUT2D eigenvalue weighted by atomic mass is 35.5. The Morgan fingerprint density at radius 2 is 2.46 bits per heavy atom. The van der Waals surface area contributed by atoms with Gasteiger partial charge in [-0.15, -0.1) is 0 Å². The molecule has 70 valence electrons. The van der Waals surface area contributed by atoms with Gasteiger partial charge in [0.25, 0.3) is 0 Å². The van der Waals surface area contributed by atoms with Gasteiger partial charge in [-0.25, -0.2) is 0 Å². The molecule has 0 radical (unpaired) electrons. The molecule has 0 amide bonds. The molecule has 1 N–H and O–H groups in total. The van der Waals surface area contributed by atoms with Crippen molar-refractivity contribution in [1.29, 1.82) is 0 Å². The fourth-order valence-corrected chi connectivity index (χ4v) is 1.44. The molecule has 1 aliphatic heterocycles. The highest BCUT2D eigenvalue weighted by Crippen LogP contribution is 2.17. The van der Waals surface area contributed by atoms with Gasteiger partial charge in [-0.3, -0.25) is 4.98 Å². The van der Waals surface area contributed by atoms with E-state index in [1.54, 1.807) is 6.20 Å². The first kappa shape index (κ1) is 8.94. The molecule has 1 saturated heterocycles. The second-order valence-corrected chi connectivity index (χ2v) is 3.40. The zero-order chi connectivity index (χ0) is 9.10. The van der Waals surface area contributed by atoms with Crippen LogP contribution in [0.2, 0.25) is 5.02 Å². The molecule has 2 heterocycles. The summed E-state index contributed by atoms with van der Waals surface area (Å²) in [6.45, 7) is 2.49. The Kier molecular flexibility index (Phi) is 2.78. The van der Waals surface area contributed by atoms with Gasteiger partial charge in [0.2, 0.25) is 0 Å². The van der Waals surface area contributed by atoms with Gasteiger partial charge in [0.05, 0.1) is 17.3 Å². The Morgan fingerprint density at radius 3 is 3.08 bits per heavy atom. The molecule has 0 unspecified atom stereocenters. The number of ether oxygens (including phenoxy) is 1. The summed E-state index contributed by atoms with van der Waals surface area (Å²) in [7, 11) is 0. The van der Waals surface area contributed by atoms with Gasteiger partial charge in [0.15, 0.2) is 0 Å². The Labute approximate surface area is 82.1 Å². The van der Waals surface area contributed by atoms with Crippen LogP contribution in [0.1, 0.15) is 11.8 Å². The summed E-state index contributed by atoms with van der Waals surface area (Å²) >= 11 is 5.73. The van der Waals surface area contributed by atoms with E-state index in [1.165, 1.54) is 0 Å². The Bertz CT molecular complexity index is 269. The predicted molar refractivity (Wildman–Crippen MR) is 50.8 cm³/mol. The van der Waals surface area contributed by atoms with Gasteiger partial charge >= 0.3 is 0 Å². The number of rotatable bonds is 1. The van der Waals surface area contributed by atoms with E-state index in [1.807, 2.05) is 12.1 Å². The van der Waals surface area contributed by atoms with Crippen LogP contribution >= 0.6 is 11.6 Å². The van der Waals surface area contributed by atoms with Crippen molar-refractivity contribution in [2.45, 2.75) is 6.10 Å². The van der Waals surface area contributed by atoms with Crippen molar-refractivity contribution in [3.63, 3.8) is 0 Å². The van der Waals surface area contributed by atoms with Gasteiger partial charge < -0.3 is 10.1 Å². The number of halogens is 1. The summed E-state index contributed by atoms with van der Waals surface area (Å²) in [6, 6.07) is 3.74. The molecule has 2 rings (SSSR count). The maximum Gasteiger partial charge on any atom is 0.112 e. The lowest BCUT2D eigenvalue weighted by molar-refractivity contribution is 0.0250. The van der Waals surface area contributed by atoms with Crippen LogP contribution in [-0.4, -0.2) is 24.7 Å². The van der Waals surface area contributed by atoms with E-state index in [2.05, 4.69) is 10.3 Å². The molecule has 1 fully saturated rings. The Morgan fingerprint density at radius 1 is 1.54 bits per heavy atom. The highest BCUT2D eigenvalue weighted by Gasteiger charge is 2.16. The summed E-state index contributed by atoms with van der Waals surface area (Å²) in [6.07, 6.45) is 1.72. The lowest BCUT2D eigenvalue weighted by Gasteiger charge is -2.22. The smallest absolute Gasteiger partial charge is 0.112 e. The molecule has 1 atom stereocenters. The molecule has 13 heavy (non-hydrogen) atoms. The summed E-state index contributed by atoms with van der Waals surface area (Å²) in [5.74, 6) is 0. The SMILES string of the molecule is Clc1ccc([C@H]2CNCCO2)nc1. The third kappa shape index (κ3) is 2.18. The second kappa shape index (κ2) is 4.05. The van der Waals surface area contributed by atoms with Crippen molar-refractivity contribution >= 4 is 11.6 Å². The van der Waals surface area contributed by atoms with Crippen LogP contribution < -0.4 is 5.32 Å². The summed E-state index contributed by atoms with van der Waals surface area (Å²) in [4.78, 5) is 4.20. The maximum atomic E-state index is 5.73. The minimum Gasteiger partial charge on any atom is -0.369 e. The standard InChI is InChI=1S/C9H11ClN2O/c10-7-1-2-8(12-5-7)9-6-11-3-4-13-9/h1-2,5,9,11H,3-4,6H2/t9-/m1/s1. The first-order valence-corrected chi connectivity index (χ1v) is 4.68. The largest absolute Gasteiger partial charge is 0.369 e. The van der Waals surface area contributed by atoms with Crippen LogP contribution in [0.15, 0.2) is 18.3 Å². The van der Waals surface area contributed by atoms with Crippen molar-refractivity contribution in [1.82, 2.24) is 10.3 Å². The molecule has 0 aliphatic carbocycles. The first-order chi connectivity index (χ1) is 6.36. The molecule has 0 saturated carbocycles. The third-order valence-corrected chi connectivity index (χ3v) is 2.23. The topological polar surface area (TPSA) is 34.1 Å². The maximum absolute atomic E-state index is 5.73. The minimum absolute atomic E-state index is 0.0750. The third-order valence-electron chi connectivity index (χ3n) is 2.01. The Hall–Kier alpha value is -0.640. The van der Waals surface area contributed by atoms with E-state index in [0.717, 1.165) is 25.4 Å². The van der Waals surface area contributed by atoms with E-state index in [-0.39, 0.29) is 6.10 Å². The van der Waals surface area contributed by atoms with Crippen LogP contribution in [0.25, 0.3) is 0 Å². The molecule has 1 aromatic rings. The fraction of sp³-hybridized carbons (Fsp3) is 0.444. The number of nitrogens with zero attached hydrogens (tertiary/aromatic N) is 1. The van der Waals surface area contributed by atoms with Crippen LogP contribution in [-0.2, 0) is 4.74 Å². The van der Waals surface area contributed by atoms with Gasteiger partial charge in [-0.05, 0) is 12.1 Å². The number of nitrogens with one attached hydrogen (secondary N) is 1. The normalized spacial score (nSPS) is 23.0. The average Bonchev–Trinajstić information content (AvgIpc) is 2.20.